The normalized spacial score (nSPS) is 11.0. The molecule has 0 saturated heterocycles. The first-order valence-electron chi connectivity index (χ1n) is 5.12. The van der Waals surface area contributed by atoms with Crippen molar-refractivity contribution < 1.29 is 8.81 Å². The van der Waals surface area contributed by atoms with Gasteiger partial charge in [-0.2, -0.15) is 0 Å². The smallest absolute Gasteiger partial charge is 0.345 e. The summed E-state index contributed by atoms with van der Waals surface area (Å²) in [5, 5.41) is 2.44. The fourth-order valence-electron chi connectivity index (χ4n) is 1.76. The molecular weight excluding hydrogens is 319 g/mol. The number of benzene rings is 1. The van der Waals surface area contributed by atoms with Crippen molar-refractivity contribution in [2.24, 2.45) is 0 Å². The van der Waals surface area contributed by atoms with E-state index in [4.69, 9.17) is 4.42 Å². The van der Waals surface area contributed by atoms with Gasteiger partial charge in [-0.05, 0) is 45.6 Å². The van der Waals surface area contributed by atoms with Crippen molar-refractivity contribution in [2.75, 3.05) is 0 Å². The van der Waals surface area contributed by atoms with Crippen LogP contribution in [0.1, 0.15) is 0 Å². The third-order valence-electron chi connectivity index (χ3n) is 2.54. The van der Waals surface area contributed by atoms with Gasteiger partial charge in [-0.1, -0.05) is 6.07 Å². The minimum absolute atomic E-state index is 0.363. The lowest BCUT2D eigenvalue weighted by Crippen LogP contribution is -2.02. The summed E-state index contributed by atoms with van der Waals surface area (Å²) in [6.45, 7) is 0. The Bertz CT molecular complexity index is 778. The summed E-state index contributed by atoms with van der Waals surface area (Å²) in [6, 6.07) is 7.96. The maximum atomic E-state index is 13.3. The molecule has 2 aromatic heterocycles. The zero-order chi connectivity index (χ0) is 12.7. The Morgan fingerprint density at radius 3 is 2.83 bits per heavy atom. The second kappa shape index (κ2) is 4.33. The van der Waals surface area contributed by atoms with Crippen LogP contribution in [0.25, 0.3) is 21.4 Å². The molecule has 0 saturated carbocycles. The standard InChI is InChI=1S/C13H6BrFO2S/c14-10-6-8(15)4-7-5-9(11-2-1-3-18-11)13(16)17-12(7)10/h1-6H. The van der Waals surface area contributed by atoms with Crippen LogP contribution in [0.2, 0.25) is 0 Å². The van der Waals surface area contributed by atoms with Crippen LogP contribution in [0.4, 0.5) is 4.39 Å². The molecule has 0 fully saturated rings. The molecule has 0 N–H and O–H groups in total. The molecule has 0 unspecified atom stereocenters. The number of rotatable bonds is 1. The van der Waals surface area contributed by atoms with Gasteiger partial charge in [0.25, 0.3) is 0 Å². The second-order valence-electron chi connectivity index (χ2n) is 3.73. The molecule has 0 amide bonds. The summed E-state index contributed by atoms with van der Waals surface area (Å²) in [5.74, 6) is -0.375. The molecule has 90 valence electrons. The van der Waals surface area contributed by atoms with E-state index < -0.39 is 5.63 Å². The van der Waals surface area contributed by atoms with Gasteiger partial charge in [0.2, 0.25) is 0 Å². The van der Waals surface area contributed by atoms with Crippen LogP contribution in [0.3, 0.4) is 0 Å². The first kappa shape index (κ1) is 11.6. The summed E-state index contributed by atoms with van der Waals surface area (Å²) in [4.78, 5) is 12.7. The van der Waals surface area contributed by atoms with Crippen molar-refractivity contribution in [1.82, 2.24) is 0 Å². The third kappa shape index (κ3) is 1.89. The lowest BCUT2D eigenvalue weighted by Gasteiger charge is -2.02. The van der Waals surface area contributed by atoms with Gasteiger partial charge in [0.15, 0.2) is 5.58 Å². The van der Waals surface area contributed by atoms with Crippen molar-refractivity contribution in [3.05, 3.63) is 56.4 Å². The molecule has 0 atom stereocenters. The largest absolute Gasteiger partial charge is 0.421 e. The molecule has 0 aliphatic carbocycles. The lowest BCUT2D eigenvalue weighted by atomic mass is 10.1. The van der Waals surface area contributed by atoms with Gasteiger partial charge in [0.1, 0.15) is 5.82 Å². The Morgan fingerprint density at radius 2 is 2.11 bits per heavy atom. The Hall–Kier alpha value is -1.46. The van der Waals surface area contributed by atoms with E-state index in [9.17, 15) is 9.18 Å². The highest BCUT2D eigenvalue weighted by Crippen LogP contribution is 2.29. The average molecular weight is 325 g/mol. The quantitative estimate of drug-likeness (QED) is 0.620. The van der Waals surface area contributed by atoms with Gasteiger partial charge in [-0.3, -0.25) is 0 Å². The van der Waals surface area contributed by atoms with E-state index in [2.05, 4.69) is 15.9 Å². The molecule has 18 heavy (non-hydrogen) atoms. The van der Waals surface area contributed by atoms with Crippen LogP contribution in [0.5, 0.6) is 0 Å². The first-order valence-corrected chi connectivity index (χ1v) is 6.79. The summed E-state index contributed by atoms with van der Waals surface area (Å²) in [7, 11) is 0. The van der Waals surface area contributed by atoms with E-state index in [1.165, 1.54) is 23.5 Å². The maximum absolute atomic E-state index is 13.3. The van der Waals surface area contributed by atoms with E-state index in [1.807, 2.05) is 17.5 Å². The molecule has 2 heterocycles. The molecule has 3 aromatic rings. The zero-order valence-electron chi connectivity index (χ0n) is 8.94. The predicted octanol–water partition coefficient (Wildman–Crippen LogP) is 4.42. The molecule has 5 heteroatoms. The number of hydrogen-bond acceptors (Lipinski definition) is 3. The summed E-state index contributed by atoms with van der Waals surface area (Å²) < 4.78 is 19.0. The van der Waals surface area contributed by atoms with E-state index in [0.29, 0.717) is 21.0 Å². The van der Waals surface area contributed by atoms with Crippen molar-refractivity contribution in [2.45, 2.75) is 0 Å². The molecule has 0 bridgehead atoms. The van der Waals surface area contributed by atoms with E-state index >= 15 is 0 Å². The molecule has 0 spiro atoms. The van der Waals surface area contributed by atoms with Crippen LogP contribution >= 0.6 is 27.3 Å². The second-order valence-corrected chi connectivity index (χ2v) is 5.53. The Kier molecular flexibility index (Phi) is 2.80. The molecule has 0 radical (unpaired) electrons. The Morgan fingerprint density at radius 1 is 1.28 bits per heavy atom. The van der Waals surface area contributed by atoms with Crippen LogP contribution < -0.4 is 5.63 Å². The number of hydrogen-bond donors (Lipinski definition) is 0. The highest BCUT2D eigenvalue weighted by Gasteiger charge is 2.11. The van der Waals surface area contributed by atoms with Gasteiger partial charge in [0.05, 0.1) is 10.0 Å². The summed E-state index contributed by atoms with van der Waals surface area (Å²) in [5.41, 5.74) is 0.397. The van der Waals surface area contributed by atoms with Crippen LogP contribution in [0.15, 0.2) is 49.4 Å². The summed E-state index contributed by atoms with van der Waals surface area (Å²) >= 11 is 4.63. The summed E-state index contributed by atoms with van der Waals surface area (Å²) in [6.07, 6.45) is 0. The van der Waals surface area contributed by atoms with Crippen molar-refractivity contribution in [3.8, 4) is 10.4 Å². The highest BCUT2D eigenvalue weighted by atomic mass is 79.9. The predicted molar refractivity (Wildman–Crippen MR) is 73.5 cm³/mol. The minimum Gasteiger partial charge on any atom is -0.421 e. The SMILES string of the molecule is O=c1oc2c(Br)cc(F)cc2cc1-c1cccs1. The number of thiophene rings is 1. The minimum atomic E-state index is -0.419. The molecule has 0 aliphatic heterocycles. The monoisotopic (exact) mass is 324 g/mol. The van der Waals surface area contributed by atoms with Crippen LogP contribution in [-0.4, -0.2) is 0 Å². The lowest BCUT2D eigenvalue weighted by molar-refractivity contribution is 0.559. The van der Waals surface area contributed by atoms with Gasteiger partial charge in [-0.15, -0.1) is 11.3 Å². The van der Waals surface area contributed by atoms with E-state index in [-0.39, 0.29) is 5.82 Å². The zero-order valence-corrected chi connectivity index (χ0v) is 11.3. The molecule has 3 rings (SSSR count). The molecular formula is C13H6BrFO2S. The molecule has 0 aliphatic rings. The van der Waals surface area contributed by atoms with Gasteiger partial charge in [0, 0.05) is 10.3 Å². The van der Waals surface area contributed by atoms with Crippen molar-refractivity contribution >= 4 is 38.2 Å². The molecule has 2 nitrogen and oxygen atoms in total. The van der Waals surface area contributed by atoms with E-state index in [1.54, 1.807) is 6.07 Å². The first-order chi connectivity index (χ1) is 8.65. The topological polar surface area (TPSA) is 30.2 Å². The van der Waals surface area contributed by atoms with Crippen molar-refractivity contribution in [1.29, 1.82) is 0 Å². The van der Waals surface area contributed by atoms with Crippen LogP contribution in [0, 0.1) is 5.82 Å². The van der Waals surface area contributed by atoms with Gasteiger partial charge >= 0.3 is 5.63 Å². The third-order valence-corrected chi connectivity index (χ3v) is 4.03. The average Bonchev–Trinajstić information content (AvgIpc) is 2.83. The maximum Gasteiger partial charge on any atom is 0.345 e. The van der Waals surface area contributed by atoms with Gasteiger partial charge in [-0.25, -0.2) is 9.18 Å². The number of halogens is 2. The fraction of sp³-hybridized carbons (Fsp3) is 0. The number of fused-ring (bicyclic) bond motifs is 1. The molecule has 1 aromatic carbocycles. The van der Waals surface area contributed by atoms with E-state index in [0.717, 1.165) is 4.88 Å². The Balaban J connectivity index is 2.37. The Labute approximate surface area is 114 Å². The fourth-order valence-corrected chi connectivity index (χ4v) is 3.02. The highest BCUT2D eigenvalue weighted by molar-refractivity contribution is 9.10. The van der Waals surface area contributed by atoms with Crippen LogP contribution in [-0.2, 0) is 0 Å². The van der Waals surface area contributed by atoms with Crippen molar-refractivity contribution in [3.63, 3.8) is 0 Å². The van der Waals surface area contributed by atoms with Gasteiger partial charge < -0.3 is 4.42 Å².